The van der Waals surface area contributed by atoms with Crippen molar-refractivity contribution in [2.45, 2.75) is 32.2 Å². The summed E-state index contributed by atoms with van der Waals surface area (Å²) in [6.07, 6.45) is 4.06. The van der Waals surface area contributed by atoms with E-state index < -0.39 is 5.92 Å². The van der Waals surface area contributed by atoms with E-state index in [0.29, 0.717) is 6.04 Å². The van der Waals surface area contributed by atoms with Gasteiger partial charge in [-0.05, 0) is 49.9 Å². The number of nitrogens with zero attached hydrogens (tertiary/aromatic N) is 1. The predicted molar refractivity (Wildman–Crippen MR) is 62.3 cm³/mol. The summed E-state index contributed by atoms with van der Waals surface area (Å²) in [4.78, 5) is 11.9. The molecule has 5 nitrogen and oxygen atoms in total. The van der Waals surface area contributed by atoms with Gasteiger partial charge in [-0.25, -0.2) is 0 Å². The number of hydrogen-bond donors (Lipinski definition) is 3. The molecule has 0 aromatic rings. The summed E-state index contributed by atoms with van der Waals surface area (Å²) >= 11 is 0. The number of rotatable bonds is 3. The van der Waals surface area contributed by atoms with E-state index in [1.54, 1.807) is 6.92 Å². The van der Waals surface area contributed by atoms with Crippen LogP contribution in [-0.2, 0) is 4.79 Å². The van der Waals surface area contributed by atoms with E-state index >= 15 is 0 Å². The lowest BCUT2D eigenvalue weighted by Crippen LogP contribution is -2.39. The zero-order chi connectivity index (χ0) is 12.2. The van der Waals surface area contributed by atoms with Crippen LogP contribution in [0.2, 0.25) is 0 Å². The van der Waals surface area contributed by atoms with Crippen molar-refractivity contribution >= 4 is 11.7 Å². The fourth-order valence-electron chi connectivity index (χ4n) is 4.03. The van der Waals surface area contributed by atoms with Gasteiger partial charge in [0.25, 0.3) is 0 Å². The lowest BCUT2D eigenvalue weighted by Gasteiger charge is -2.13. The van der Waals surface area contributed by atoms with Gasteiger partial charge in [0, 0.05) is 6.04 Å². The molecule has 0 saturated heterocycles. The summed E-state index contributed by atoms with van der Waals surface area (Å²) < 4.78 is 0. The van der Waals surface area contributed by atoms with Crippen LogP contribution in [0.1, 0.15) is 26.2 Å². The fraction of sp³-hybridized carbons (Fsp3) is 0.833. The molecule has 94 valence electrons. The van der Waals surface area contributed by atoms with Gasteiger partial charge < -0.3 is 16.3 Å². The monoisotopic (exact) mass is 237 g/mol. The number of oxime groups is 1. The Labute approximate surface area is 100 Å². The average molecular weight is 237 g/mol. The third-order valence-electron chi connectivity index (χ3n) is 5.00. The second-order valence-corrected chi connectivity index (χ2v) is 5.77. The van der Waals surface area contributed by atoms with Gasteiger partial charge in [-0.15, -0.1) is 0 Å². The lowest BCUT2D eigenvalue weighted by atomic mass is 10.0. The third kappa shape index (κ3) is 1.51. The van der Waals surface area contributed by atoms with Gasteiger partial charge in [0.1, 0.15) is 0 Å². The Hall–Kier alpha value is -1.26. The quantitative estimate of drug-likeness (QED) is 0.289. The maximum absolute atomic E-state index is 11.9. The molecule has 0 heterocycles. The zero-order valence-corrected chi connectivity index (χ0v) is 9.97. The van der Waals surface area contributed by atoms with Crippen LogP contribution in [0.15, 0.2) is 5.16 Å². The highest BCUT2D eigenvalue weighted by molar-refractivity contribution is 6.01. The van der Waals surface area contributed by atoms with Crippen molar-refractivity contribution in [1.29, 1.82) is 0 Å². The zero-order valence-electron chi connectivity index (χ0n) is 9.97. The molecule has 3 aliphatic rings. The highest BCUT2D eigenvalue weighted by Gasteiger charge is 2.65. The van der Waals surface area contributed by atoms with Crippen molar-refractivity contribution in [3.05, 3.63) is 0 Å². The Morgan fingerprint density at radius 2 is 2.00 bits per heavy atom. The first-order chi connectivity index (χ1) is 8.13. The maximum Gasteiger partial charge on any atom is 0.230 e. The minimum absolute atomic E-state index is 0.0173. The van der Waals surface area contributed by atoms with Gasteiger partial charge in [0.15, 0.2) is 5.84 Å². The first kappa shape index (κ1) is 10.9. The number of nitrogens with two attached hydrogens (primary N) is 1. The Kier molecular flexibility index (Phi) is 2.31. The summed E-state index contributed by atoms with van der Waals surface area (Å²) in [6, 6.07) is 0.364. The molecular formula is C12H19N3O2. The summed E-state index contributed by atoms with van der Waals surface area (Å²) in [5.41, 5.74) is 5.44. The first-order valence-electron chi connectivity index (χ1n) is 6.41. The number of fused-ring (bicyclic) bond motifs is 5. The Morgan fingerprint density at radius 3 is 2.53 bits per heavy atom. The van der Waals surface area contributed by atoms with E-state index in [1.807, 2.05) is 0 Å². The summed E-state index contributed by atoms with van der Waals surface area (Å²) in [5, 5.41) is 14.5. The van der Waals surface area contributed by atoms with Crippen LogP contribution in [0.3, 0.4) is 0 Å². The molecule has 2 bridgehead atoms. The second-order valence-electron chi connectivity index (χ2n) is 5.77. The van der Waals surface area contributed by atoms with E-state index in [0.717, 1.165) is 23.7 Å². The molecule has 3 rings (SSSR count). The van der Waals surface area contributed by atoms with Gasteiger partial charge >= 0.3 is 0 Å². The molecule has 1 amide bonds. The number of nitrogens with one attached hydrogen (secondary N) is 1. The van der Waals surface area contributed by atoms with Crippen LogP contribution in [0, 0.1) is 29.6 Å². The summed E-state index contributed by atoms with van der Waals surface area (Å²) in [7, 11) is 0. The van der Waals surface area contributed by atoms with Crippen molar-refractivity contribution in [2.24, 2.45) is 40.5 Å². The van der Waals surface area contributed by atoms with E-state index in [1.165, 1.54) is 19.3 Å². The third-order valence-corrected chi connectivity index (χ3v) is 5.00. The van der Waals surface area contributed by atoms with Gasteiger partial charge in [-0.3, -0.25) is 4.79 Å². The van der Waals surface area contributed by atoms with Crippen molar-refractivity contribution in [3.8, 4) is 0 Å². The van der Waals surface area contributed by atoms with Crippen molar-refractivity contribution in [2.75, 3.05) is 0 Å². The van der Waals surface area contributed by atoms with Crippen molar-refractivity contribution in [1.82, 2.24) is 5.32 Å². The minimum Gasteiger partial charge on any atom is -0.409 e. The number of amidine groups is 1. The van der Waals surface area contributed by atoms with Crippen LogP contribution in [0.5, 0.6) is 0 Å². The molecule has 0 radical (unpaired) electrons. The standard InChI is InChI=1S/C12H19N3O2/c1-5(11(13)15-17)12(16)14-10-8-6-2-3-7(4-6)9(8)10/h5-10,17H,2-4H2,1H3,(H2,13,15)(H,14,16). The topological polar surface area (TPSA) is 87.7 Å². The van der Waals surface area contributed by atoms with Crippen LogP contribution in [0.25, 0.3) is 0 Å². The van der Waals surface area contributed by atoms with Gasteiger partial charge in [-0.2, -0.15) is 0 Å². The Morgan fingerprint density at radius 1 is 1.41 bits per heavy atom. The molecule has 17 heavy (non-hydrogen) atoms. The summed E-state index contributed by atoms with van der Waals surface area (Å²) in [5.74, 6) is 2.45. The molecule has 3 aliphatic carbocycles. The molecule has 5 heteroatoms. The largest absolute Gasteiger partial charge is 0.409 e. The van der Waals surface area contributed by atoms with E-state index in [9.17, 15) is 4.79 Å². The van der Waals surface area contributed by atoms with E-state index in [-0.39, 0.29) is 11.7 Å². The normalized spacial score (nSPS) is 44.3. The first-order valence-corrected chi connectivity index (χ1v) is 6.41. The van der Waals surface area contributed by atoms with Gasteiger partial charge in [0.05, 0.1) is 5.92 Å². The van der Waals surface area contributed by atoms with Gasteiger partial charge in [-0.1, -0.05) is 5.16 Å². The molecule has 0 spiro atoms. The van der Waals surface area contributed by atoms with Crippen LogP contribution in [-0.4, -0.2) is 23.0 Å². The lowest BCUT2D eigenvalue weighted by molar-refractivity contribution is -0.123. The Bertz CT molecular complexity index is 366. The summed E-state index contributed by atoms with van der Waals surface area (Å²) in [6.45, 7) is 1.66. The van der Waals surface area contributed by atoms with Crippen molar-refractivity contribution < 1.29 is 10.0 Å². The maximum atomic E-state index is 11.9. The van der Waals surface area contributed by atoms with Gasteiger partial charge in [0.2, 0.25) is 5.91 Å². The molecule has 5 unspecified atom stereocenters. The molecule has 3 fully saturated rings. The number of carbonyl (C=O) groups is 1. The number of carbonyl (C=O) groups excluding carboxylic acids is 1. The highest BCUT2D eigenvalue weighted by atomic mass is 16.4. The average Bonchev–Trinajstić information content (AvgIpc) is 2.75. The fourth-order valence-corrected chi connectivity index (χ4v) is 4.03. The highest BCUT2D eigenvalue weighted by Crippen LogP contribution is 2.65. The SMILES string of the molecule is CC(C(=O)NC1C2C3CCC(C3)C12)C(N)=NO. The van der Waals surface area contributed by atoms with Crippen LogP contribution in [0.4, 0.5) is 0 Å². The molecule has 0 aliphatic heterocycles. The molecule has 3 saturated carbocycles. The Balaban J connectivity index is 1.58. The van der Waals surface area contributed by atoms with E-state index in [4.69, 9.17) is 10.9 Å². The molecule has 0 aromatic heterocycles. The number of hydrogen-bond acceptors (Lipinski definition) is 3. The van der Waals surface area contributed by atoms with E-state index in [2.05, 4.69) is 10.5 Å². The van der Waals surface area contributed by atoms with Crippen molar-refractivity contribution in [3.63, 3.8) is 0 Å². The second kappa shape index (κ2) is 3.62. The van der Waals surface area contributed by atoms with Crippen LogP contribution < -0.4 is 11.1 Å². The van der Waals surface area contributed by atoms with Crippen LogP contribution >= 0.6 is 0 Å². The molecule has 4 N–H and O–H groups in total. The minimum atomic E-state index is -0.543. The molecular weight excluding hydrogens is 218 g/mol. The molecule has 0 aromatic carbocycles. The molecule has 5 atom stereocenters. The smallest absolute Gasteiger partial charge is 0.230 e. The predicted octanol–water partition coefficient (Wildman–Crippen LogP) is 0.530. The number of amides is 1.